The molecule has 6 nitrogen and oxygen atoms in total. The van der Waals surface area contributed by atoms with Crippen LogP contribution in [0.3, 0.4) is 0 Å². The molecule has 0 aliphatic heterocycles. The first-order chi connectivity index (χ1) is 12.8. The van der Waals surface area contributed by atoms with E-state index >= 15 is 0 Å². The van der Waals surface area contributed by atoms with Crippen molar-refractivity contribution in [2.75, 3.05) is 36.2 Å². The molecule has 0 bridgehead atoms. The first-order valence-electron chi connectivity index (χ1n) is 8.69. The van der Waals surface area contributed by atoms with Gasteiger partial charge in [0.05, 0.1) is 5.56 Å². The quantitative estimate of drug-likeness (QED) is 0.719. The first-order valence-corrected chi connectivity index (χ1v) is 8.69. The van der Waals surface area contributed by atoms with Crippen LogP contribution in [0.15, 0.2) is 42.5 Å². The Bertz CT molecular complexity index is 821. The largest absolute Gasteiger partial charge is 0.377 e. The van der Waals surface area contributed by atoms with Gasteiger partial charge in [-0.1, -0.05) is 19.9 Å². The van der Waals surface area contributed by atoms with Crippen molar-refractivity contribution in [1.29, 1.82) is 0 Å². The average Bonchev–Trinajstić information content (AvgIpc) is 2.59. The molecule has 0 fully saturated rings. The van der Waals surface area contributed by atoms with Crippen LogP contribution in [-0.2, 0) is 0 Å². The average molecular weight is 372 g/mol. The summed E-state index contributed by atoms with van der Waals surface area (Å²) in [5.41, 5.74) is 2.01. The molecule has 0 aromatic heterocycles. The van der Waals surface area contributed by atoms with Crippen molar-refractivity contribution < 1.29 is 14.0 Å². The fraction of sp³-hybridized carbons (Fsp3) is 0.300. The summed E-state index contributed by atoms with van der Waals surface area (Å²) in [6.07, 6.45) is 0. The molecule has 0 saturated carbocycles. The fourth-order valence-electron chi connectivity index (χ4n) is 2.44. The molecule has 2 aromatic rings. The molecule has 0 aliphatic rings. The third-order valence-electron chi connectivity index (χ3n) is 3.73. The Hall–Kier alpha value is -3.09. The number of rotatable bonds is 6. The molecule has 3 amide bonds. The highest BCUT2D eigenvalue weighted by Crippen LogP contribution is 2.23. The Kier molecular flexibility index (Phi) is 6.76. The molecule has 0 saturated heterocycles. The molecule has 27 heavy (non-hydrogen) atoms. The van der Waals surface area contributed by atoms with Crippen LogP contribution in [0.25, 0.3) is 0 Å². The van der Waals surface area contributed by atoms with Gasteiger partial charge >= 0.3 is 6.03 Å². The lowest BCUT2D eigenvalue weighted by Gasteiger charge is -2.19. The minimum Gasteiger partial charge on any atom is -0.377 e. The second-order valence-electron chi connectivity index (χ2n) is 6.82. The van der Waals surface area contributed by atoms with E-state index in [1.807, 2.05) is 32.8 Å². The van der Waals surface area contributed by atoms with Gasteiger partial charge in [0.25, 0.3) is 5.91 Å². The Labute approximate surface area is 158 Å². The molecule has 0 atom stereocenters. The molecule has 3 N–H and O–H groups in total. The SMILES string of the molecule is CC(C)CNC(=O)c1cc(NC(=O)Nc2cccc(F)c2)ccc1N(C)C. The minimum absolute atomic E-state index is 0.207. The van der Waals surface area contributed by atoms with Gasteiger partial charge in [-0.3, -0.25) is 4.79 Å². The summed E-state index contributed by atoms with van der Waals surface area (Å²) in [6, 6.07) is 10.2. The lowest BCUT2D eigenvalue weighted by molar-refractivity contribution is 0.0949. The highest BCUT2D eigenvalue weighted by atomic mass is 19.1. The van der Waals surface area contributed by atoms with Crippen LogP contribution >= 0.6 is 0 Å². The van der Waals surface area contributed by atoms with Crippen molar-refractivity contribution in [2.45, 2.75) is 13.8 Å². The third-order valence-corrected chi connectivity index (χ3v) is 3.73. The number of urea groups is 1. The molecule has 0 radical (unpaired) electrons. The van der Waals surface area contributed by atoms with Gasteiger partial charge in [-0.15, -0.1) is 0 Å². The van der Waals surface area contributed by atoms with Gasteiger partial charge in [0.15, 0.2) is 0 Å². The van der Waals surface area contributed by atoms with Crippen LogP contribution in [-0.4, -0.2) is 32.6 Å². The number of benzene rings is 2. The molecule has 144 valence electrons. The summed E-state index contributed by atoms with van der Waals surface area (Å²) in [7, 11) is 3.69. The van der Waals surface area contributed by atoms with Crippen molar-refractivity contribution in [1.82, 2.24) is 5.32 Å². The van der Waals surface area contributed by atoms with E-state index < -0.39 is 11.8 Å². The van der Waals surface area contributed by atoms with E-state index in [1.54, 1.807) is 24.3 Å². The number of anilines is 3. The van der Waals surface area contributed by atoms with E-state index in [2.05, 4.69) is 16.0 Å². The van der Waals surface area contributed by atoms with Gasteiger partial charge in [-0.2, -0.15) is 0 Å². The summed E-state index contributed by atoms with van der Waals surface area (Å²) >= 11 is 0. The monoisotopic (exact) mass is 372 g/mol. The summed E-state index contributed by atoms with van der Waals surface area (Å²) in [4.78, 5) is 26.5. The van der Waals surface area contributed by atoms with Crippen LogP contribution in [0.4, 0.5) is 26.2 Å². The number of amides is 3. The smallest absolute Gasteiger partial charge is 0.323 e. The van der Waals surface area contributed by atoms with Crippen LogP contribution in [0.5, 0.6) is 0 Å². The second-order valence-corrected chi connectivity index (χ2v) is 6.82. The van der Waals surface area contributed by atoms with Crippen LogP contribution < -0.4 is 20.9 Å². The number of hydrogen-bond donors (Lipinski definition) is 3. The standard InChI is InChI=1S/C20H25FN4O2/c1-13(2)12-22-19(26)17-11-16(8-9-18(17)25(3)4)24-20(27)23-15-7-5-6-14(21)10-15/h5-11,13H,12H2,1-4H3,(H,22,26)(H2,23,24,27). The zero-order chi connectivity index (χ0) is 20.0. The summed E-state index contributed by atoms with van der Waals surface area (Å²) in [5.74, 6) is -0.316. The van der Waals surface area contributed by atoms with Crippen molar-refractivity contribution in [2.24, 2.45) is 5.92 Å². The van der Waals surface area contributed by atoms with E-state index in [-0.39, 0.29) is 5.91 Å². The maximum atomic E-state index is 13.2. The van der Waals surface area contributed by atoms with Gasteiger partial charge in [-0.05, 0) is 42.3 Å². The number of halogens is 1. The zero-order valence-electron chi connectivity index (χ0n) is 16.0. The van der Waals surface area contributed by atoms with Crippen molar-refractivity contribution >= 4 is 29.0 Å². The normalized spacial score (nSPS) is 10.4. The Morgan fingerprint density at radius 1 is 1.04 bits per heavy atom. The van der Waals surface area contributed by atoms with Gasteiger partial charge in [-0.25, -0.2) is 9.18 Å². The minimum atomic E-state index is -0.522. The molecular weight excluding hydrogens is 347 g/mol. The second kappa shape index (κ2) is 9.02. The first kappa shape index (κ1) is 20.2. The third kappa shape index (κ3) is 5.99. The highest BCUT2D eigenvalue weighted by Gasteiger charge is 2.15. The Balaban J connectivity index is 2.15. The maximum absolute atomic E-state index is 13.2. The van der Waals surface area contributed by atoms with Crippen LogP contribution in [0.2, 0.25) is 0 Å². The van der Waals surface area contributed by atoms with Gasteiger partial charge < -0.3 is 20.9 Å². The lowest BCUT2D eigenvalue weighted by atomic mass is 10.1. The molecular formula is C20H25FN4O2. The van der Waals surface area contributed by atoms with E-state index in [0.717, 1.165) is 5.69 Å². The number of carbonyl (C=O) groups excluding carboxylic acids is 2. The Morgan fingerprint density at radius 3 is 2.30 bits per heavy atom. The lowest BCUT2D eigenvalue weighted by Crippen LogP contribution is -2.29. The zero-order valence-corrected chi connectivity index (χ0v) is 16.0. The maximum Gasteiger partial charge on any atom is 0.323 e. The summed E-state index contributed by atoms with van der Waals surface area (Å²) < 4.78 is 13.2. The number of carbonyl (C=O) groups is 2. The molecule has 7 heteroatoms. The predicted octanol–water partition coefficient (Wildman–Crippen LogP) is 3.92. The molecule has 2 rings (SSSR count). The molecule has 0 heterocycles. The van der Waals surface area contributed by atoms with Crippen LogP contribution in [0, 0.1) is 11.7 Å². The van der Waals surface area contributed by atoms with Gasteiger partial charge in [0.2, 0.25) is 0 Å². The van der Waals surface area contributed by atoms with E-state index in [9.17, 15) is 14.0 Å². The molecule has 0 aliphatic carbocycles. The molecule has 0 unspecified atom stereocenters. The summed E-state index contributed by atoms with van der Waals surface area (Å²) in [6.45, 7) is 4.59. The van der Waals surface area contributed by atoms with Crippen molar-refractivity contribution in [3.05, 3.63) is 53.8 Å². The van der Waals surface area contributed by atoms with Gasteiger partial charge in [0.1, 0.15) is 5.82 Å². The Morgan fingerprint density at radius 2 is 1.70 bits per heavy atom. The fourth-order valence-corrected chi connectivity index (χ4v) is 2.44. The van der Waals surface area contributed by atoms with E-state index in [1.165, 1.54) is 18.2 Å². The van der Waals surface area contributed by atoms with Crippen molar-refractivity contribution in [3.63, 3.8) is 0 Å². The molecule has 0 spiro atoms. The van der Waals surface area contributed by atoms with E-state index in [4.69, 9.17) is 0 Å². The topological polar surface area (TPSA) is 73.5 Å². The van der Waals surface area contributed by atoms with Crippen LogP contribution in [0.1, 0.15) is 24.2 Å². The number of hydrogen-bond acceptors (Lipinski definition) is 3. The number of nitrogens with one attached hydrogen (secondary N) is 3. The predicted molar refractivity (Wildman–Crippen MR) is 107 cm³/mol. The van der Waals surface area contributed by atoms with Crippen molar-refractivity contribution in [3.8, 4) is 0 Å². The highest BCUT2D eigenvalue weighted by molar-refractivity contribution is 6.03. The number of nitrogens with zero attached hydrogens (tertiary/aromatic N) is 1. The summed E-state index contributed by atoms with van der Waals surface area (Å²) in [5, 5.41) is 8.11. The molecule has 2 aromatic carbocycles. The van der Waals surface area contributed by atoms with Gasteiger partial charge in [0, 0.05) is 37.7 Å². The van der Waals surface area contributed by atoms with E-state index in [0.29, 0.717) is 29.4 Å².